The average Bonchev–Trinajstić information content (AvgIpc) is 3.03. The number of rotatable bonds is 3. The molecule has 0 heterocycles. The standard InChI is InChI=1S/C27H32O2S/c1-17-6-4-5-7-18(17)16-30-24-11-10-22-21-9-8-19-14-20(28)12-13-26(19,2)25(21)23(29)15-27(22,24)3/h4-7,12-14,21-22,24-25H,8-11,15-16H2,1-3H3/t21-,22-,24+,25+,26-,27-/m0/s1. The van der Waals surface area contributed by atoms with E-state index in [-0.39, 0.29) is 22.5 Å². The number of hydrogen-bond acceptors (Lipinski definition) is 3. The Bertz CT molecular complexity index is 959. The van der Waals surface area contributed by atoms with Crippen molar-refractivity contribution in [2.75, 3.05) is 0 Å². The van der Waals surface area contributed by atoms with Crippen molar-refractivity contribution >= 4 is 23.3 Å². The van der Waals surface area contributed by atoms with E-state index in [1.165, 1.54) is 29.5 Å². The lowest BCUT2D eigenvalue weighted by atomic mass is 9.48. The Kier molecular flexibility index (Phi) is 4.89. The third-order valence-electron chi connectivity index (χ3n) is 8.87. The molecule has 6 atom stereocenters. The zero-order valence-electron chi connectivity index (χ0n) is 18.3. The molecule has 0 aromatic heterocycles. The predicted molar refractivity (Wildman–Crippen MR) is 123 cm³/mol. The van der Waals surface area contributed by atoms with Crippen molar-refractivity contribution < 1.29 is 9.59 Å². The van der Waals surface area contributed by atoms with E-state index in [1.54, 1.807) is 6.08 Å². The SMILES string of the molecule is Cc1ccccc1CS[C@@H]1CC[C@H]2[C@@H]3CCC4=CC(=O)C=C[C@]4(C)[C@H]3C(=O)C[C@]12C. The first-order chi connectivity index (χ1) is 14.3. The highest BCUT2D eigenvalue weighted by Gasteiger charge is 2.61. The van der Waals surface area contributed by atoms with Crippen LogP contribution >= 0.6 is 11.8 Å². The zero-order chi connectivity index (χ0) is 21.1. The maximum atomic E-state index is 13.6. The van der Waals surface area contributed by atoms with Crippen molar-refractivity contribution in [2.24, 2.45) is 28.6 Å². The van der Waals surface area contributed by atoms with Crippen LogP contribution in [0.15, 0.2) is 48.1 Å². The molecule has 2 nitrogen and oxygen atoms in total. The molecule has 0 bridgehead atoms. The van der Waals surface area contributed by atoms with Gasteiger partial charge >= 0.3 is 0 Å². The normalized spacial score (nSPS) is 39.9. The summed E-state index contributed by atoms with van der Waals surface area (Å²) in [7, 11) is 0. The van der Waals surface area contributed by atoms with Crippen LogP contribution in [-0.4, -0.2) is 16.8 Å². The molecular formula is C27H32O2S. The number of Topliss-reactive ketones (excluding diaryl/α,β-unsaturated/α-hetero) is 1. The van der Waals surface area contributed by atoms with Crippen LogP contribution in [0.1, 0.15) is 57.1 Å². The molecule has 0 N–H and O–H groups in total. The van der Waals surface area contributed by atoms with E-state index in [2.05, 4.69) is 62.9 Å². The number of allylic oxidation sites excluding steroid dienone is 4. The van der Waals surface area contributed by atoms with Crippen molar-refractivity contribution in [1.82, 2.24) is 0 Å². The number of thioether (sulfide) groups is 1. The highest BCUT2D eigenvalue weighted by molar-refractivity contribution is 7.99. The number of carbonyl (C=O) groups excluding carboxylic acids is 2. The first-order valence-electron chi connectivity index (χ1n) is 11.5. The molecule has 3 saturated carbocycles. The molecule has 5 rings (SSSR count). The molecular weight excluding hydrogens is 388 g/mol. The van der Waals surface area contributed by atoms with Crippen LogP contribution in [0, 0.1) is 35.5 Å². The molecule has 4 aliphatic rings. The van der Waals surface area contributed by atoms with E-state index in [0.29, 0.717) is 29.3 Å². The van der Waals surface area contributed by atoms with Crippen LogP contribution in [0.3, 0.4) is 0 Å². The van der Waals surface area contributed by atoms with Crippen molar-refractivity contribution in [2.45, 2.75) is 63.9 Å². The van der Waals surface area contributed by atoms with Crippen molar-refractivity contribution in [1.29, 1.82) is 0 Å². The van der Waals surface area contributed by atoms with Gasteiger partial charge in [-0.05, 0) is 73.1 Å². The summed E-state index contributed by atoms with van der Waals surface area (Å²) < 4.78 is 0. The van der Waals surface area contributed by atoms with Crippen LogP contribution in [-0.2, 0) is 15.3 Å². The molecule has 1 aromatic rings. The molecule has 3 fully saturated rings. The van der Waals surface area contributed by atoms with Gasteiger partial charge in [0.15, 0.2) is 5.78 Å². The summed E-state index contributed by atoms with van der Waals surface area (Å²) >= 11 is 2.08. The van der Waals surface area contributed by atoms with E-state index >= 15 is 0 Å². The topological polar surface area (TPSA) is 34.1 Å². The predicted octanol–water partition coefficient (Wildman–Crippen LogP) is 6.08. The number of carbonyl (C=O) groups is 2. The van der Waals surface area contributed by atoms with Gasteiger partial charge in [0, 0.05) is 28.8 Å². The van der Waals surface area contributed by atoms with Gasteiger partial charge in [0.2, 0.25) is 0 Å². The van der Waals surface area contributed by atoms with Crippen molar-refractivity contribution in [3.8, 4) is 0 Å². The Morgan fingerprint density at radius 3 is 2.70 bits per heavy atom. The molecule has 3 heteroatoms. The fourth-order valence-electron chi connectivity index (χ4n) is 7.22. The van der Waals surface area contributed by atoms with E-state index in [4.69, 9.17) is 0 Å². The number of aryl methyl sites for hydroxylation is 1. The minimum absolute atomic E-state index is 0.0556. The second-order valence-electron chi connectivity index (χ2n) is 10.4. The monoisotopic (exact) mass is 420 g/mol. The minimum Gasteiger partial charge on any atom is -0.299 e. The number of benzene rings is 1. The average molecular weight is 421 g/mol. The lowest BCUT2D eigenvalue weighted by molar-refractivity contribution is -0.140. The summed E-state index contributed by atoms with van der Waals surface area (Å²) in [6, 6.07) is 8.68. The summed E-state index contributed by atoms with van der Waals surface area (Å²) in [5.74, 6) is 2.70. The van der Waals surface area contributed by atoms with E-state index in [9.17, 15) is 9.59 Å². The summed E-state index contributed by atoms with van der Waals surface area (Å²) in [5.41, 5.74) is 3.84. The van der Waals surface area contributed by atoms with E-state index in [0.717, 1.165) is 18.6 Å². The molecule has 1 aromatic carbocycles. The zero-order valence-corrected chi connectivity index (χ0v) is 19.1. The van der Waals surface area contributed by atoms with Gasteiger partial charge in [-0.15, -0.1) is 0 Å². The van der Waals surface area contributed by atoms with Gasteiger partial charge < -0.3 is 0 Å². The van der Waals surface area contributed by atoms with Crippen LogP contribution in [0.5, 0.6) is 0 Å². The quantitative estimate of drug-likeness (QED) is 0.594. The lowest BCUT2D eigenvalue weighted by Gasteiger charge is -2.55. The van der Waals surface area contributed by atoms with Gasteiger partial charge in [-0.2, -0.15) is 11.8 Å². The second kappa shape index (κ2) is 7.22. The fraction of sp³-hybridized carbons (Fsp3) is 0.556. The summed E-state index contributed by atoms with van der Waals surface area (Å²) in [5, 5.41) is 0.556. The number of hydrogen-bond donors (Lipinski definition) is 0. The van der Waals surface area contributed by atoms with Crippen LogP contribution < -0.4 is 0 Å². The minimum atomic E-state index is -0.248. The Hall–Kier alpha value is -1.61. The molecule has 0 spiro atoms. The van der Waals surface area contributed by atoms with Crippen LogP contribution in [0.2, 0.25) is 0 Å². The maximum absolute atomic E-state index is 13.6. The molecule has 0 radical (unpaired) electrons. The summed E-state index contributed by atoms with van der Waals surface area (Å²) in [4.78, 5) is 25.6. The van der Waals surface area contributed by atoms with Crippen molar-refractivity contribution in [3.63, 3.8) is 0 Å². The Morgan fingerprint density at radius 2 is 1.90 bits per heavy atom. The highest BCUT2D eigenvalue weighted by atomic mass is 32.2. The first-order valence-corrected chi connectivity index (χ1v) is 12.5. The van der Waals surface area contributed by atoms with Gasteiger partial charge in [-0.3, -0.25) is 9.59 Å². The molecule has 0 amide bonds. The van der Waals surface area contributed by atoms with Crippen LogP contribution in [0.4, 0.5) is 0 Å². The molecule has 0 unspecified atom stereocenters. The van der Waals surface area contributed by atoms with Gasteiger partial charge in [-0.25, -0.2) is 0 Å². The summed E-state index contributed by atoms with van der Waals surface area (Å²) in [6.45, 7) is 6.81. The third kappa shape index (κ3) is 2.99. The van der Waals surface area contributed by atoms with Gasteiger partial charge in [0.05, 0.1) is 0 Å². The first kappa shape index (κ1) is 20.3. The van der Waals surface area contributed by atoms with E-state index < -0.39 is 0 Å². The molecule has 0 saturated heterocycles. The van der Waals surface area contributed by atoms with Crippen LogP contribution in [0.25, 0.3) is 0 Å². The molecule has 30 heavy (non-hydrogen) atoms. The Labute approximate surface area is 184 Å². The lowest BCUT2D eigenvalue weighted by Crippen LogP contribution is -2.54. The Morgan fingerprint density at radius 1 is 1.10 bits per heavy atom. The molecule has 4 aliphatic carbocycles. The van der Waals surface area contributed by atoms with E-state index in [1.807, 2.05) is 6.08 Å². The fourth-order valence-corrected chi connectivity index (χ4v) is 8.87. The third-order valence-corrected chi connectivity index (χ3v) is 10.5. The van der Waals surface area contributed by atoms with Gasteiger partial charge in [0.25, 0.3) is 0 Å². The second-order valence-corrected chi connectivity index (χ2v) is 11.6. The van der Waals surface area contributed by atoms with Gasteiger partial charge in [-0.1, -0.05) is 49.8 Å². The summed E-state index contributed by atoms with van der Waals surface area (Å²) in [6.07, 6.45) is 10.8. The number of ketones is 2. The molecule has 158 valence electrons. The Balaban J connectivity index is 1.39. The number of fused-ring (bicyclic) bond motifs is 5. The van der Waals surface area contributed by atoms with Crippen molar-refractivity contribution in [3.05, 3.63) is 59.2 Å². The highest BCUT2D eigenvalue weighted by Crippen LogP contribution is 2.65. The largest absolute Gasteiger partial charge is 0.299 e. The molecule has 0 aliphatic heterocycles. The smallest absolute Gasteiger partial charge is 0.178 e. The van der Waals surface area contributed by atoms with Gasteiger partial charge in [0.1, 0.15) is 5.78 Å². The maximum Gasteiger partial charge on any atom is 0.178 e.